The van der Waals surface area contributed by atoms with E-state index in [1.54, 1.807) is 23.1 Å². The Morgan fingerprint density at radius 2 is 2.44 bits per heavy atom. The molecule has 5 heteroatoms. The van der Waals surface area contributed by atoms with Gasteiger partial charge in [0.15, 0.2) is 0 Å². The Hall–Kier alpha value is -1.93. The van der Waals surface area contributed by atoms with Crippen LogP contribution in [0.2, 0.25) is 0 Å². The zero-order chi connectivity index (χ0) is 11.5. The fourth-order valence-electron chi connectivity index (χ4n) is 1.80. The number of aromatic nitrogens is 1. The van der Waals surface area contributed by atoms with Crippen molar-refractivity contribution in [1.29, 1.82) is 5.26 Å². The van der Waals surface area contributed by atoms with E-state index in [0.717, 1.165) is 0 Å². The summed E-state index contributed by atoms with van der Waals surface area (Å²) >= 11 is 0. The van der Waals surface area contributed by atoms with Crippen molar-refractivity contribution in [3.63, 3.8) is 0 Å². The normalized spacial score (nSPS) is 19.9. The van der Waals surface area contributed by atoms with E-state index in [1.165, 1.54) is 0 Å². The predicted octanol–water partition coefficient (Wildman–Crippen LogP) is 0.265. The Kier molecular flexibility index (Phi) is 2.84. The number of carbonyl (C=O) groups is 1. The maximum atomic E-state index is 11.7. The molecule has 5 nitrogen and oxygen atoms in total. The van der Waals surface area contributed by atoms with Gasteiger partial charge in [-0.2, -0.15) is 5.26 Å². The van der Waals surface area contributed by atoms with Gasteiger partial charge in [0, 0.05) is 13.0 Å². The second-order valence-electron chi connectivity index (χ2n) is 3.80. The Labute approximate surface area is 93.5 Å². The van der Waals surface area contributed by atoms with Gasteiger partial charge in [-0.25, -0.2) is 4.98 Å². The van der Waals surface area contributed by atoms with E-state index in [1.807, 2.05) is 6.07 Å². The molecule has 82 valence electrons. The first-order chi connectivity index (χ1) is 7.74. The standard InChI is InChI=1S/C11H12N4O/c12-5-8-4-11(16)15(7-8)10-3-1-2-9(6-13)14-10/h1-3,8H,4-5,7,12H2. The van der Waals surface area contributed by atoms with E-state index in [0.29, 0.717) is 31.0 Å². The predicted molar refractivity (Wildman–Crippen MR) is 58.5 cm³/mol. The first-order valence-electron chi connectivity index (χ1n) is 5.12. The SMILES string of the molecule is N#Cc1cccc(N2CC(CN)CC2=O)n1. The van der Waals surface area contributed by atoms with Crippen molar-refractivity contribution in [3.8, 4) is 6.07 Å². The van der Waals surface area contributed by atoms with E-state index in [4.69, 9.17) is 11.0 Å². The van der Waals surface area contributed by atoms with Gasteiger partial charge < -0.3 is 5.73 Å². The van der Waals surface area contributed by atoms with Crippen molar-refractivity contribution in [2.24, 2.45) is 11.7 Å². The summed E-state index contributed by atoms with van der Waals surface area (Å²) in [6.07, 6.45) is 0.467. The summed E-state index contributed by atoms with van der Waals surface area (Å²) in [4.78, 5) is 17.4. The first-order valence-corrected chi connectivity index (χ1v) is 5.12. The Balaban J connectivity index is 2.25. The Bertz CT molecular complexity index is 452. The molecular formula is C11H12N4O. The van der Waals surface area contributed by atoms with Crippen LogP contribution in [0.5, 0.6) is 0 Å². The van der Waals surface area contributed by atoms with Crippen LogP contribution >= 0.6 is 0 Å². The van der Waals surface area contributed by atoms with Gasteiger partial charge in [-0.05, 0) is 24.6 Å². The van der Waals surface area contributed by atoms with Crippen LogP contribution in [0, 0.1) is 17.2 Å². The van der Waals surface area contributed by atoms with E-state index in [9.17, 15) is 4.79 Å². The molecule has 1 unspecified atom stereocenters. The third-order valence-corrected chi connectivity index (χ3v) is 2.66. The quantitative estimate of drug-likeness (QED) is 0.768. The number of nitriles is 1. The van der Waals surface area contributed by atoms with Crippen LogP contribution in [-0.4, -0.2) is 24.0 Å². The van der Waals surface area contributed by atoms with Gasteiger partial charge in [-0.15, -0.1) is 0 Å². The van der Waals surface area contributed by atoms with Gasteiger partial charge in [0.05, 0.1) is 0 Å². The molecule has 1 aliphatic heterocycles. The summed E-state index contributed by atoms with van der Waals surface area (Å²) in [5, 5.41) is 8.73. The fraction of sp³-hybridized carbons (Fsp3) is 0.364. The lowest BCUT2D eigenvalue weighted by atomic mass is 10.1. The molecule has 2 rings (SSSR count). The summed E-state index contributed by atoms with van der Waals surface area (Å²) in [5.74, 6) is 0.762. The van der Waals surface area contributed by atoms with Crippen LogP contribution in [0.4, 0.5) is 5.82 Å². The number of rotatable bonds is 2. The number of amides is 1. The van der Waals surface area contributed by atoms with Crippen molar-refractivity contribution < 1.29 is 4.79 Å². The summed E-state index contributed by atoms with van der Waals surface area (Å²) in [6.45, 7) is 1.09. The molecule has 1 saturated heterocycles. The smallest absolute Gasteiger partial charge is 0.228 e. The summed E-state index contributed by atoms with van der Waals surface area (Å²) < 4.78 is 0. The third-order valence-electron chi connectivity index (χ3n) is 2.66. The summed E-state index contributed by atoms with van der Waals surface area (Å²) in [7, 11) is 0. The van der Waals surface area contributed by atoms with Gasteiger partial charge in [0.2, 0.25) is 5.91 Å². The third kappa shape index (κ3) is 1.88. The lowest BCUT2D eigenvalue weighted by Gasteiger charge is -2.15. The maximum Gasteiger partial charge on any atom is 0.228 e. The molecule has 0 saturated carbocycles. The van der Waals surface area contributed by atoms with Crippen LogP contribution in [0.25, 0.3) is 0 Å². The highest BCUT2D eigenvalue weighted by molar-refractivity contribution is 5.94. The molecule has 0 radical (unpaired) electrons. The number of pyridine rings is 1. The molecule has 1 amide bonds. The number of hydrogen-bond donors (Lipinski definition) is 1. The molecule has 1 fully saturated rings. The van der Waals surface area contributed by atoms with E-state index in [2.05, 4.69) is 4.98 Å². The molecule has 2 N–H and O–H groups in total. The van der Waals surface area contributed by atoms with E-state index < -0.39 is 0 Å². The van der Waals surface area contributed by atoms with Crippen molar-refractivity contribution in [1.82, 2.24) is 4.98 Å². The summed E-state index contributed by atoms with van der Waals surface area (Å²) in [6, 6.07) is 7.03. The maximum absolute atomic E-state index is 11.7. The first kappa shape index (κ1) is 10.6. The number of nitrogens with two attached hydrogens (primary N) is 1. The molecule has 0 bridgehead atoms. The summed E-state index contributed by atoms with van der Waals surface area (Å²) in [5.41, 5.74) is 5.86. The Morgan fingerprint density at radius 1 is 1.62 bits per heavy atom. The topological polar surface area (TPSA) is 83.0 Å². The van der Waals surface area contributed by atoms with Gasteiger partial charge in [-0.3, -0.25) is 9.69 Å². The monoisotopic (exact) mass is 216 g/mol. The van der Waals surface area contributed by atoms with Crippen molar-refractivity contribution in [3.05, 3.63) is 23.9 Å². The minimum atomic E-state index is 0.0260. The highest BCUT2D eigenvalue weighted by Gasteiger charge is 2.30. The molecule has 1 atom stereocenters. The molecule has 2 heterocycles. The number of nitrogens with zero attached hydrogens (tertiary/aromatic N) is 3. The molecular weight excluding hydrogens is 204 g/mol. The lowest BCUT2D eigenvalue weighted by molar-refractivity contribution is -0.117. The molecule has 0 aliphatic carbocycles. The minimum Gasteiger partial charge on any atom is -0.330 e. The Morgan fingerprint density at radius 3 is 3.06 bits per heavy atom. The number of anilines is 1. The highest BCUT2D eigenvalue weighted by atomic mass is 16.2. The van der Waals surface area contributed by atoms with Gasteiger partial charge in [-0.1, -0.05) is 6.07 Å². The zero-order valence-corrected chi connectivity index (χ0v) is 8.76. The van der Waals surface area contributed by atoms with Gasteiger partial charge in [0.1, 0.15) is 17.6 Å². The average Bonchev–Trinajstić information content (AvgIpc) is 2.71. The molecule has 0 aromatic carbocycles. The molecule has 0 spiro atoms. The van der Waals surface area contributed by atoms with Crippen molar-refractivity contribution >= 4 is 11.7 Å². The van der Waals surface area contributed by atoms with Crippen molar-refractivity contribution in [2.45, 2.75) is 6.42 Å². The second-order valence-corrected chi connectivity index (χ2v) is 3.80. The number of carbonyl (C=O) groups excluding carboxylic acids is 1. The molecule has 1 aromatic heterocycles. The average molecular weight is 216 g/mol. The van der Waals surface area contributed by atoms with Gasteiger partial charge in [0.25, 0.3) is 0 Å². The van der Waals surface area contributed by atoms with E-state index in [-0.39, 0.29) is 11.8 Å². The van der Waals surface area contributed by atoms with Gasteiger partial charge >= 0.3 is 0 Å². The lowest BCUT2D eigenvalue weighted by Crippen LogP contribution is -2.26. The largest absolute Gasteiger partial charge is 0.330 e. The van der Waals surface area contributed by atoms with Crippen LogP contribution < -0.4 is 10.6 Å². The molecule has 1 aliphatic rings. The number of hydrogen-bond acceptors (Lipinski definition) is 4. The highest BCUT2D eigenvalue weighted by Crippen LogP contribution is 2.22. The molecule has 1 aromatic rings. The van der Waals surface area contributed by atoms with Crippen molar-refractivity contribution in [2.75, 3.05) is 18.0 Å². The zero-order valence-electron chi connectivity index (χ0n) is 8.76. The minimum absolute atomic E-state index is 0.0260. The van der Waals surface area contributed by atoms with Crippen LogP contribution in [0.1, 0.15) is 12.1 Å². The van der Waals surface area contributed by atoms with E-state index >= 15 is 0 Å². The molecule has 16 heavy (non-hydrogen) atoms. The van der Waals surface area contributed by atoms with Crippen LogP contribution in [-0.2, 0) is 4.79 Å². The fourth-order valence-corrected chi connectivity index (χ4v) is 1.80. The van der Waals surface area contributed by atoms with Crippen LogP contribution in [0.3, 0.4) is 0 Å². The van der Waals surface area contributed by atoms with Crippen LogP contribution in [0.15, 0.2) is 18.2 Å². The second kappa shape index (κ2) is 4.29.